The molecule has 2 rings (SSSR count). The summed E-state index contributed by atoms with van der Waals surface area (Å²) in [5.74, 6) is -0.000119. The molecule has 0 saturated carbocycles. The van der Waals surface area contributed by atoms with Gasteiger partial charge in [0.05, 0.1) is 12.2 Å². The molecule has 2 aromatic carbocycles. The van der Waals surface area contributed by atoms with Crippen LogP contribution in [0.4, 0.5) is 0 Å². The minimum Gasteiger partial charge on any atom is -0.308 e. The lowest BCUT2D eigenvalue weighted by molar-refractivity contribution is -0.126. The zero-order chi connectivity index (χ0) is 15.9. The monoisotopic (exact) mass is 355 g/mol. The number of amides is 1. The Balaban J connectivity index is 2.38. The summed E-state index contributed by atoms with van der Waals surface area (Å²) in [5, 5.41) is 0. The quantitative estimate of drug-likeness (QED) is 0.689. The van der Waals surface area contributed by atoms with E-state index in [4.69, 9.17) is 0 Å². The van der Waals surface area contributed by atoms with Gasteiger partial charge in [-0.15, -0.1) is 0 Å². The van der Waals surface area contributed by atoms with Crippen molar-refractivity contribution in [3.63, 3.8) is 0 Å². The number of carbonyl (C=O) groups excluding carboxylic acids is 1. The number of halogens is 1. The number of carbonyl (C=O) groups is 1. The Morgan fingerprint density at radius 2 is 1.77 bits per heavy atom. The zero-order valence-electron chi connectivity index (χ0n) is 12.5. The first-order valence-corrected chi connectivity index (χ1v) is 7.82. The van der Waals surface area contributed by atoms with Crippen LogP contribution in [0, 0.1) is 0 Å². The van der Waals surface area contributed by atoms with Gasteiger partial charge < -0.3 is 4.90 Å². The number of benzene rings is 2. The summed E-state index contributed by atoms with van der Waals surface area (Å²) < 4.78 is 1.01. The van der Waals surface area contributed by atoms with E-state index >= 15 is 0 Å². The summed E-state index contributed by atoms with van der Waals surface area (Å²) in [6.45, 7) is 5.88. The predicted octanol–water partition coefficient (Wildman–Crippen LogP) is 5.02. The van der Waals surface area contributed by atoms with Crippen LogP contribution in [0.3, 0.4) is 0 Å². The number of nitrogens with zero attached hydrogens (tertiary/aromatic N) is 1. The summed E-state index contributed by atoms with van der Waals surface area (Å²) in [6, 6.07) is 17.9. The highest BCUT2D eigenvalue weighted by atomic mass is 79.9. The number of rotatable bonds is 5. The number of hydrogen-bond donors (Lipinski definition) is 0. The first kappa shape index (κ1) is 16.2. The van der Waals surface area contributed by atoms with Crippen LogP contribution >= 0.6 is 15.9 Å². The highest BCUT2D eigenvalue weighted by Crippen LogP contribution is 2.24. The van der Waals surface area contributed by atoms with Crippen LogP contribution in [-0.4, -0.2) is 10.8 Å². The Hall–Kier alpha value is -2.13. The zero-order valence-corrected chi connectivity index (χ0v) is 14.1. The maximum Gasteiger partial charge on any atom is 0.224 e. The Bertz CT molecular complexity index is 674. The highest BCUT2D eigenvalue weighted by molar-refractivity contribution is 9.10. The summed E-state index contributed by atoms with van der Waals surface area (Å²) in [4.78, 5) is 13.9. The fourth-order valence-electron chi connectivity index (χ4n) is 2.21. The van der Waals surface area contributed by atoms with Gasteiger partial charge in [0, 0.05) is 11.4 Å². The molecule has 22 heavy (non-hydrogen) atoms. The molecule has 0 bridgehead atoms. The van der Waals surface area contributed by atoms with E-state index in [0.29, 0.717) is 6.54 Å². The molecule has 0 radical (unpaired) electrons. The third-order valence-corrected chi connectivity index (χ3v) is 3.80. The fourth-order valence-corrected chi connectivity index (χ4v) is 2.47. The Labute approximate surface area is 139 Å². The van der Waals surface area contributed by atoms with Crippen molar-refractivity contribution in [1.82, 2.24) is 4.90 Å². The third kappa shape index (κ3) is 4.18. The molecule has 2 aromatic rings. The molecule has 0 spiro atoms. The fraction of sp³-hybridized carbons (Fsp3) is 0.105. The van der Waals surface area contributed by atoms with Crippen molar-refractivity contribution in [2.24, 2.45) is 0 Å². The second-order valence-electron chi connectivity index (χ2n) is 4.89. The van der Waals surface area contributed by atoms with Gasteiger partial charge in [-0.2, -0.15) is 0 Å². The van der Waals surface area contributed by atoms with E-state index in [1.54, 1.807) is 17.9 Å². The van der Waals surface area contributed by atoms with Crippen molar-refractivity contribution in [3.05, 3.63) is 88.9 Å². The van der Waals surface area contributed by atoms with E-state index in [1.165, 1.54) is 0 Å². The van der Waals surface area contributed by atoms with Crippen molar-refractivity contribution in [2.75, 3.05) is 0 Å². The molecule has 1 amide bonds. The molecule has 0 heterocycles. The molecule has 3 heteroatoms. The Kier molecular flexibility index (Phi) is 5.73. The van der Waals surface area contributed by atoms with Crippen molar-refractivity contribution in [2.45, 2.75) is 13.5 Å². The van der Waals surface area contributed by atoms with Gasteiger partial charge in [0.1, 0.15) is 0 Å². The molecule has 0 aromatic heterocycles. The highest BCUT2D eigenvalue weighted by Gasteiger charge is 2.16. The minimum atomic E-state index is -0.000119. The third-order valence-electron chi connectivity index (χ3n) is 3.27. The molecular weight excluding hydrogens is 338 g/mol. The minimum absolute atomic E-state index is 0.000119. The van der Waals surface area contributed by atoms with Gasteiger partial charge in [0.2, 0.25) is 5.91 Å². The lowest BCUT2D eigenvalue weighted by Crippen LogP contribution is -2.26. The molecule has 0 N–H and O–H groups in total. The smallest absolute Gasteiger partial charge is 0.224 e. The lowest BCUT2D eigenvalue weighted by Gasteiger charge is -2.24. The van der Waals surface area contributed by atoms with E-state index in [-0.39, 0.29) is 5.91 Å². The van der Waals surface area contributed by atoms with E-state index in [0.717, 1.165) is 21.3 Å². The van der Waals surface area contributed by atoms with E-state index in [2.05, 4.69) is 22.5 Å². The maximum atomic E-state index is 12.1. The van der Waals surface area contributed by atoms with E-state index in [9.17, 15) is 4.79 Å². The molecule has 0 aliphatic carbocycles. The van der Waals surface area contributed by atoms with Crippen LogP contribution in [0.2, 0.25) is 0 Å². The van der Waals surface area contributed by atoms with Gasteiger partial charge in [-0.05, 0) is 29.3 Å². The summed E-state index contributed by atoms with van der Waals surface area (Å²) >= 11 is 3.43. The molecule has 0 atom stereocenters. The molecular formula is C19H18BrNO. The van der Waals surface area contributed by atoms with E-state index in [1.807, 2.05) is 60.7 Å². The first-order valence-electron chi connectivity index (χ1n) is 7.02. The van der Waals surface area contributed by atoms with Crippen LogP contribution in [0.25, 0.3) is 5.70 Å². The topological polar surface area (TPSA) is 20.3 Å². The molecule has 2 nitrogen and oxygen atoms in total. The second-order valence-corrected chi connectivity index (χ2v) is 5.80. The molecule has 0 aliphatic rings. The lowest BCUT2D eigenvalue weighted by atomic mass is 10.1. The molecule has 0 saturated heterocycles. The number of hydrogen-bond acceptors (Lipinski definition) is 1. The summed E-state index contributed by atoms with van der Waals surface area (Å²) in [7, 11) is 0. The SMILES string of the molecule is C=C/C=C(/c1ccc(Br)cc1)N(Cc1ccccc1)C(C)=O. The van der Waals surface area contributed by atoms with Crippen molar-refractivity contribution in [3.8, 4) is 0 Å². The van der Waals surface area contributed by atoms with Crippen LogP contribution < -0.4 is 0 Å². The van der Waals surface area contributed by atoms with Gasteiger partial charge in [0.15, 0.2) is 0 Å². The van der Waals surface area contributed by atoms with Crippen molar-refractivity contribution < 1.29 is 4.79 Å². The van der Waals surface area contributed by atoms with Crippen LogP contribution in [-0.2, 0) is 11.3 Å². The van der Waals surface area contributed by atoms with Crippen LogP contribution in [0.5, 0.6) is 0 Å². The standard InChI is InChI=1S/C19H18BrNO/c1-3-7-19(17-10-12-18(20)13-11-17)21(15(2)22)14-16-8-5-4-6-9-16/h3-13H,1,14H2,2H3/b19-7-. The maximum absolute atomic E-state index is 12.1. The second kappa shape index (κ2) is 7.76. The average molecular weight is 356 g/mol. The Morgan fingerprint density at radius 1 is 1.14 bits per heavy atom. The summed E-state index contributed by atoms with van der Waals surface area (Å²) in [5.41, 5.74) is 2.91. The average Bonchev–Trinajstić information content (AvgIpc) is 2.52. The van der Waals surface area contributed by atoms with Gasteiger partial charge >= 0.3 is 0 Å². The first-order chi connectivity index (χ1) is 10.6. The van der Waals surface area contributed by atoms with Gasteiger partial charge in [-0.25, -0.2) is 0 Å². The van der Waals surface area contributed by atoms with Crippen molar-refractivity contribution >= 4 is 27.5 Å². The van der Waals surface area contributed by atoms with Crippen LogP contribution in [0.15, 0.2) is 77.8 Å². The van der Waals surface area contributed by atoms with Gasteiger partial charge in [-0.3, -0.25) is 4.79 Å². The molecule has 0 aliphatic heterocycles. The molecule has 0 unspecified atom stereocenters. The largest absolute Gasteiger partial charge is 0.308 e. The van der Waals surface area contributed by atoms with Gasteiger partial charge in [0.25, 0.3) is 0 Å². The molecule has 112 valence electrons. The van der Waals surface area contributed by atoms with Gasteiger partial charge in [-0.1, -0.05) is 71.0 Å². The van der Waals surface area contributed by atoms with Crippen molar-refractivity contribution in [1.29, 1.82) is 0 Å². The normalized spacial score (nSPS) is 11.1. The van der Waals surface area contributed by atoms with Crippen LogP contribution in [0.1, 0.15) is 18.1 Å². The predicted molar refractivity (Wildman–Crippen MR) is 95.0 cm³/mol. The summed E-state index contributed by atoms with van der Waals surface area (Å²) in [6.07, 6.45) is 3.58. The number of allylic oxidation sites excluding steroid dienone is 2. The molecule has 0 fully saturated rings. The Morgan fingerprint density at radius 3 is 2.32 bits per heavy atom. The van der Waals surface area contributed by atoms with E-state index < -0.39 is 0 Å².